The molecule has 58 valence electrons. The van der Waals surface area contributed by atoms with Gasteiger partial charge in [-0.1, -0.05) is 0 Å². The van der Waals surface area contributed by atoms with Crippen molar-refractivity contribution in [3.63, 3.8) is 0 Å². The molecule has 10 heavy (non-hydrogen) atoms. The molecule has 0 amide bonds. The van der Waals surface area contributed by atoms with Crippen LogP contribution in [0, 0.1) is 0 Å². The van der Waals surface area contributed by atoms with Gasteiger partial charge in [-0.3, -0.25) is 9.59 Å². The molecule has 0 rings (SSSR count). The van der Waals surface area contributed by atoms with Crippen LogP contribution in [0.4, 0.5) is 0 Å². The standard InChI is InChI=1S/C5H6Cl2O3/c1-3(8)10-5(9)2-4(6)7/h4H,2H2,1H3. The van der Waals surface area contributed by atoms with Crippen LogP contribution in [0.2, 0.25) is 0 Å². The Balaban J connectivity index is 3.54. The van der Waals surface area contributed by atoms with E-state index in [4.69, 9.17) is 23.2 Å². The topological polar surface area (TPSA) is 43.4 Å². The molecule has 0 atom stereocenters. The second-order valence-corrected chi connectivity index (χ2v) is 2.84. The molecule has 0 heterocycles. The van der Waals surface area contributed by atoms with E-state index in [1.165, 1.54) is 0 Å². The molecule has 0 saturated heterocycles. The van der Waals surface area contributed by atoms with E-state index >= 15 is 0 Å². The van der Waals surface area contributed by atoms with Gasteiger partial charge in [-0.15, -0.1) is 23.2 Å². The van der Waals surface area contributed by atoms with Crippen molar-refractivity contribution in [2.24, 2.45) is 0 Å². The van der Waals surface area contributed by atoms with Gasteiger partial charge in [0.1, 0.15) is 4.84 Å². The lowest BCUT2D eigenvalue weighted by molar-refractivity contribution is -0.157. The zero-order valence-electron chi connectivity index (χ0n) is 5.27. The molecule has 0 aliphatic heterocycles. The first-order chi connectivity index (χ1) is 4.52. The summed E-state index contributed by atoms with van der Waals surface area (Å²) in [6, 6.07) is 0. The zero-order chi connectivity index (χ0) is 8.15. The van der Waals surface area contributed by atoms with Crippen LogP contribution in [0.5, 0.6) is 0 Å². The van der Waals surface area contributed by atoms with Crippen molar-refractivity contribution >= 4 is 35.1 Å². The van der Waals surface area contributed by atoms with Crippen LogP contribution < -0.4 is 0 Å². The van der Waals surface area contributed by atoms with E-state index in [1.54, 1.807) is 0 Å². The Morgan fingerprint density at radius 1 is 1.50 bits per heavy atom. The van der Waals surface area contributed by atoms with Gasteiger partial charge in [0.25, 0.3) is 0 Å². The van der Waals surface area contributed by atoms with Gasteiger partial charge in [0.05, 0.1) is 6.42 Å². The summed E-state index contributed by atoms with van der Waals surface area (Å²) in [5, 5.41) is 0. The molecule has 0 saturated carbocycles. The van der Waals surface area contributed by atoms with Crippen molar-refractivity contribution in [1.82, 2.24) is 0 Å². The summed E-state index contributed by atoms with van der Waals surface area (Å²) >= 11 is 10.4. The minimum Gasteiger partial charge on any atom is -0.393 e. The van der Waals surface area contributed by atoms with E-state index in [2.05, 4.69) is 4.74 Å². The maximum Gasteiger partial charge on any atom is 0.316 e. The summed E-state index contributed by atoms with van der Waals surface area (Å²) in [5.41, 5.74) is 0. The fourth-order valence-electron chi connectivity index (χ4n) is 0.328. The number of rotatable bonds is 2. The summed E-state index contributed by atoms with van der Waals surface area (Å²) in [6.07, 6.45) is -0.164. The molecule has 0 aliphatic rings. The summed E-state index contributed by atoms with van der Waals surface area (Å²) in [5.74, 6) is -1.36. The second kappa shape index (κ2) is 4.52. The fourth-order valence-corrected chi connectivity index (χ4v) is 0.580. The van der Waals surface area contributed by atoms with Crippen LogP contribution >= 0.6 is 23.2 Å². The van der Waals surface area contributed by atoms with Crippen molar-refractivity contribution in [3.05, 3.63) is 0 Å². The number of carbonyl (C=O) groups is 2. The molecular weight excluding hydrogens is 179 g/mol. The summed E-state index contributed by atoms with van der Waals surface area (Å²) in [7, 11) is 0. The minimum atomic E-state index is -0.813. The van der Waals surface area contributed by atoms with Gasteiger partial charge in [-0.25, -0.2) is 0 Å². The normalized spacial score (nSPS) is 9.60. The van der Waals surface area contributed by atoms with E-state index in [0.29, 0.717) is 0 Å². The molecule has 0 fully saturated rings. The molecule has 0 N–H and O–H groups in total. The van der Waals surface area contributed by atoms with Crippen LogP contribution in [-0.2, 0) is 14.3 Å². The molecule has 3 nitrogen and oxygen atoms in total. The largest absolute Gasteiger partial charge is 0.393 e. The Morgan fingerprint density at radius 2 is 2.00 bits per heavy atom. The number of hydrogen-bond acceptors (Lipinski definition) is 3. The van der Waals surface area contributed by atoms with Gasteiger partial charge in [0.15, 0.2) is 0 Å². The average molecular weight is 185 g/mol. The third-order valence-electron chi connectivity index (χ3n) is 0.579. The monoisotopic (exact) mass is 184 g/mol. The van der Waals surface area contributed by atoms with Crippen LogP contribution in [0.3, 0.4) is 0 Å². The summed E-state index contributed by atoms with van der Waals surface area (Å²) in [4.78, 5) is 19.7. The van der Waals surface area contributed by atoms with Crippen LogP contribution in [0.25, 0.3) is 0 Å². The molecule has 0 aliphatic carbocycles. The lowest BCUT2D eigenvalue weighted by Gasteiger charge is -1.98. The SMILES string of the molecule is CC(=O)OC(=O)CC(Cl)Cl. The van der Waals surface area contributed by atoms with Crippen LogP contribution in [0.15, 0.2) is 0 Å². The van der Waals surface area contributed by atoms with Crippen LogP contribution in [-0.4, -0.2) is 16.8 Å². The van der Waals surface area contributed by atoms with Gasteiger partial charge in [-0.05, 0) is 0 Å². The number of ether oxygens (including phenoxy) is 1. The molecule has 0 radical (unpaired) electrons. The number of hydrogen-bond donors (Lipinski definition) is 0. The quantitative estimate of drug-likeness (QED) is 0.369. The van der Waals surface area contributed by atoms with Crippen molar-refractivity contribution < 1.29 is 14.3 Å². The van der Waals surface area contributed by atoms with E-state index in [-0.39, 0.29) is 6.42 Å². The first-order valence-corrected chi connectivity index (χ1v) is 3.39. The van der Waals surface area contributed by atoms with Crippen molar-refractivity contribution in [2.45, 2.75) is 18.2 Å². The Kier molecular flexibility index (Phi) is 4.40. The van der Waals surface area contributed by atoms with E-state index in [1.807, 2.05) is 0 Å². The van der Waals surface area contributed by atoms with Gasteiger partial charge in [0, 0.05) is 6.92 Å². The molecular formula is C5H6Cl2O3. The summed E-state index contributed by atoms with van der Waals surface area (Å²) in [6.45, 7) is 1.13. The smallest absolute Gasteiger partial charge is 0.316 e. The molecule has 0 spiro atoms. The number of esters is 2. The number of alkyl halides is 2. The highest BCUT2D eigenvalue weighted by Crippen LogP contribution is 2.07. The molecule has 0 aromatic heterocycles. The first-order valence-electron chi connectivity index (χ1n) is 2.51. The summed E-state index contributed by atoms with van der Waals surface area (Å²) < 4.78 is 4.11. The third kappa shape index (κ3) is 5.85. The van der Waals surface area contributed by atoms with Crippen molar-refractivity contribution in [1.29, 1.82) is 0 Å². The highest BCUT2D eigenvalue weighted by atomic mass is 35.5. The predicted octanol–water partition coefficient (Wildman–Crippen LogP) is 1.27. The van der Waals surface area contributed by atoms with E-state index < -0.39 is 16.8 Å². The second-order valence-electron chi connectivity index (χ2n) is 1.56. The maximum atomic E-state index is 10.5. The fraction of sp³-hybridized carbons (Fsp3) is 0.600. The molecule has 0 bridgehead atoms. The highest BCUT2D eigenvalue weighted by molar-refractivity contribution is 6.45. The Morgan fingerprint density at radius 3 is 2.30 bits per heavy atom. The molecule has 5 heteroatoms. The van der Waals surface area contributed by atoms with Crippen molar-refractivity contribution in [2.75, 3.05) is 0 Å². The number of carbonyl (C=O) groups excluding carboxylic acids is 2. The molecule has 0 unspecified atom stereocenters. The lowest BCUT2D eigenvalue weighted by Crippen LogP contribution is -2.11. The Bertz CT molecular complexity index is 144. The van der Waals surface area contributed by atoms with E-state index in [9.17, 15) is 9.59 Å². The van der Waals surface area contributed by atoms with Crippen LogP contribution in [0.1, 0.15) is 13.3 Å². The Labute approximate surface area is 68.2 Å². The zero-order valence-corrected chi connectivity index (χ0v) is 6.78. The maximum absolute atomic E-state index is 10.5. The van der Waals surface area contributed by atoms with Gasteiger partial charge in [-0.2, -0.15) is 0 Å². The average Bonchev–Trinajstić information content (AvgIpc) is 1.58. The highest BCUT2D eigenvalue weighted by Gasteiger charge is 2.10. The predicted molar refractivity (Wildman–Crippen MR) is 36.9 cm³/mol. The number of halogens is 2. The lowest BCUT2D eigenvalue weighted by atomic mass is 10.5. The first kappa shape index (κ1) is 9.72. The minimum absolute atomic E-state index is 0.164. The van der Waals surface area contributed by atoms with Gasteiger partial charge >= 0.3 is 11.9 Å². The molecule has 0 aromatic rings. The van der Waals surface area contributed by atoms with Gasteiger partial charge in [0.2, 0.25) is 0 Å². The molecule has 0 aromatic carbocycles. The third-order valence-corrected chi connectivity index (χ3v) is 0.887. The van der Waals surface area contributed by atoms with Gasteiger partial charge < -0.3 is 4.74 Å². The Hall–Kier alpha value is -0.280. The van der Waals surface area contributed by atoms with E-state index in [0.717, 1.165) is 6.92 Å². The van der Waals surface area contributed by atoms with Crippen molar-refractivity contribution in [3.8, 4) is 0 Å².